The predicted octanol–water partition coefficient (Wildman–Crippen LogP) is 3.91. The second-order valence-electron chi connectivity index (χ2n) is 3.73. The number of rotatable bonds is 1. The maximum atomic E-state index is 11.4. The summed E-state index contributed by atoms with van der Waals surface area (Å²) >= 11 is 7.53. The van der Waals surface area contributed by atoms with Gasteiger partial charge in [0.05, 0.1) is 0 Å². The summed E-state index contributed by atoms with van der Waals surface area (Å²) in [6.45, 7) is 0. The van der Waals surface area contributed by atoms with Crippen molar-refractivity contribution in [3.8, 4) is 11.1 Å². The topological polar surface area (TPSA) is 32.9 Å². The lowest BCUT2D eigenvalue weighted by Gasteiger charge is -1.99. The van der Waals surface area contributed by atoms with E-state index >= 15 is 0 Å². The van der Waals surface area contributed by atoms with Gasteiger partial charge in [0.15, 0.2) is 0 Å². The molecule has 0 aliphatic rings. The van der Waals surface area contributed by atoms with Gasteiger partial charge in [0.2, 0.25) is 5.56 Å². The van der Waals surface area contributed by atoms with Crippen molar-refractivity contribution < 1.29 is 0 Å². The largest absolute Gasteiger partial charge is 0.313 e. The molecule has 0 radical (unpaired) electrons. The van der Waals surface area contributed by atoms with Crippen LogP contribution in [-0.4, -0.2) is 4.98 Å². The number of aromatic nitrogens is 1. The zero-order valence-corrected chi connectivity index (χ0v) is 10.3. The van der Waals surface area contributed by atoms with Gasteiger partial charge >= 0.3 is 0 Å². The summed E-state index contributed by atoms with van der Waals surface area (Å²) in [5, 5.41) is 3.57. The highest BCUT2D eigenvalue weighted by atomic mass is 35.5. The van der Waals surface area contributed by atoms with Gasteiger partial charge in [-0.05, 0) is 23.1 Å². The lowest BCUT2D eigenvalue weighted by molar-refractivity contribution is 1.24. The zero-order valence-electron chi connectivity index (χ0n) is 8.74. The molecule has 2 heterocycles. The van der Waals surface area contributed by atoms with Crippen LogP contribution in [0.15, 0.2) is 46.6 Å². The number of H-pyrrole nitrogens is 1. The molecule has 2 nitrogen and oxygen atoms in total. The van der Waals surface area contributed by atoms with Crippen LogP contribution in [0.1, 0.15) is 0 Å². The third-order valence-electron chi connectivity index (χ3n) is 2.60. The SMILES string of the molecule is O=c1cc(-c2csc3ccccc23)cc(Cl)[nH]1. The number of hydrogen-bond donors (Lipinski definition) is 1. The second kappa shape index (κ2) is 4.02. The molecular formula is C13H8ClNOS. The summed E-state index contributed by atoms with van der Waals surface area (Å²) in [6, 6.07) is 11.5. The molecule has 84 valence electrons. The number of aromatic amines is 1. The van der Waals surface area contributed by atoms with Gasteiger partial charge < -0.3 is 4.98 Å². The first-order chi connectivity index (χ1) is 8.24. The van der Waals surface area contributed by atoms with Gasteiger partial charge in [-0.3, -0.25) is 4.79 Å². The second-order valence-corrected chi connectivity index (χ2v) is 5.05. The van der Waals surface area contributed by atoms with Crippen LogP contribution in [0, 0.1) is 0 Å². The van der Waals surface area contributed by atoms with E-state index in [1.54, 1.807) is 23.5 Å². The Balaban J connectivity index is 2.30. The number of nitrogens with one attached hydrogen (secondary N) is 1. The van der Waals surface area contributed by atoms with Gasteiger partial charge in [-0.2, -0.15) is 0 Å². The van der Waals surface area contributed by atoms with E-state index in [2.05, 4.69) is 22.5 Å². The molecule has 17 heavy (non-hydrogen) atoms. The Morgan fingerprint density at radius 3 is 2.82 bits per heavy atom. The minimum absolute atomic E-state index is 0.178. The molecule has 1 aromatic carbocycles. The maximum absolute atomic E-state index is 11.4. The monoisotopic (exact) mass is 261 g/mol. The first-order valence-electron chi connectivity index (χ1n) is 5.10. The van der Waals surface area contributed by atoms with Crippen LogP contribution in [0.2, 0.25) is 5.15 Å². The summed E-state index contributed by atoms with van der Waals surface area (Å²) in [4.78, 5) is 13.9. The number of hydrogen-bond acceptors (Lipinski definition) is 2. The molecule has 1 N–H and O–H groups in total. The molecule has 2 aromatic heterocycles. The Bertz CT molecular complexity index is 744. The van der Waals surface area contributed by atoms with E-state index in [0.29, 0.717) is 5.15 Å². The average molecular weight is 262 g/mol. The van der Waals surface area contributed by atoms with Gasteiger partial charge in [0.25, 0.3) is 0 Å². The van der Waals surface area contributed by atoms with Gasteiger partial charge in [-0.25, -0.2) is 0 Å². The number of halogens is 1. The van der Waals surface area contributed by atoms with Crippen molar-refractivity contribution in [3.63, 3.8) is 0 Å². The lowest BCUT2D eigenvalue weighted by atomic mass is 10.1. The first kappa shape index (κ1) is 10.6. The molecule has 0 spiro atoms. The summed E-state index contributed by atoms with van der Waals surface area (Å²) in [5.74, 6) is 0. The Morgan fingerprint density at radius 2 is 2.00 bits per heavy atom. The van der Waals surface area contributed by atoms with Crippen LogP contribution in [0.25, 0.3) is 21.2 Å². The van der Waals surface area contributed by atoms with Crippen molar-refractivity contribution in [2.45, 2.75) is 0 Å². The highest BCUT2D eigenvalue weighted by Gasteiger charge is 2.07. The smallest absolute Gasteiger partial charge is 0.249 e. The van der Waals surface area contributed by atoms with Crippen molar-refractivity contribution in [3.05, 3.63) is 57.3 Å². The fraction of sp³-hybridized carbons (Fsp3) is 0. The fourth-order valence-corrected chi connectivity index (χ4v) is 3.05. The van der Waals surface area contributed by atoms with Crippen molar-refractivity contribution in [2.75, 3.05) is 0 Å². The maximum Gasteiger partial charge on any atom is 0.249 e. The highest BCUT2D eigenvalue weighted by molar-refractivity contribution is 7.17. The Morgan fingerprint density at radius 1 is 1.18 bits per heavy atom. The van der Waals surface area contributed by atoms with Crippen LogP contribution in [0.3, 0.4) is 0 Å². The Labute approximate surface area is 106 Å². The molecule has 0 unspecified atom stereocenters. The minimum Gasteiger partial charge on any atom is -0.313 e. The molecule has 3 rings (SSSR count). The Hall–Kier alpha value is -1.58. The predicted molar refractivity (Wildman–Crippen MR) is 72.9 cm³/mol. The normalized spacial score (nSPS) is 10.9. The van der Waals surface area contributed by atoms with E-state index < -0.39 is 0 Å². The average Bonchev–Trinajstić information content (AvgIpc) is 2.71. The molecule has 0 saturated heterocycles. The third-order valence-corrected chi connectivity index (χ3v) is 3.77. The van der Waals surface area contributed by atoms with Gasteiger partial charge in [0, 0.05) is 21.7 Å². The molecule has 0 aliphatic heterocycles. The molecule has 0 aliphatic carbocycles. The Kier molecular flexibility index (Phi) is 2.50. The molecule has 0 saturated carbocycles. The standard InChI is InChI=1S/C13H8ClNOS/c14-12-5-8(6-13(16)15-12)10-7-17-11-4-2-1-3-9(10)11/h1-7H,(H,15,16). The van der Waals surface area contributed by atoms with Gasteiger partial charge in [-0.15, -0.1) is 11.3 Å². The van der Waals surface area contributed by atoms with E-state index in [1.807, 2.05) is 12.1 Å². The summed E-state index contributed by atoms with van der Waals surface area (Å²) in [5.41, 5.74) is 1.73. The molecule has 0 bridgehead atoms. The van der Waals surface area contributed by atoms with Crippen LogP contribution in [0.5, 0.6) is 0 Å². The van der Waals surface area contributed by atoms with Gasteiger partial charge in [0.1, 0.15) is 5.15 Å². The first-order valence-corrected chi connectivity index (χ1v) is 6.36. The van der Waals surface area contributed by atoms with Crippen molar-refractivity contribution in [1.29, 1.82) is 0 Å². The van der Waals surface area contributed by atoms with Gasteiger partial charge in [-0.1, -0.05) is 29.8 Å². The van der Waals surface area contributed by atoms with Crippen LogP contribution in [0.4, 0.5) is 0 Å². The molecule has 0 amide bonds. The van der Waals surface area contributed by atoms with Crippen molar-refractivity contribution in [2.24, 2.45) is 0 Å². The number of pyridine rings is 1. The zero-order chi connectivity index (χ0) is 11.8. The van der Waals surface area contributed by atoms with E-state index in [9.17, 15) is 4.79 Å². The molecule has 4 heteroatoms. The van der Waals surface area contributed by atoms with Crippen LogP contribution >= 0.6 is 22.9 Å². The van der Waals surface area contributed by atoms with Crippen LogP contribution < -0.4 is 5.56 Å². The number of fused-ring (bicyclic) bond motifs is 1. The van der Waals surface area contributed by atoms with Crippen molar-refractivity contribution >= 4 is 33.0 Å². The fourth-order valence-electron chi connectivity index (χ4n) is 1.87. The van der Waals surface area contributed by atoms with Crippen molar-refractivity contribution in [1.82, 2.24) is 4.98 Å². The van der Waals surface area contributed by atoms with E-state index in [4.69, 9.17) is 11.6 Å². The summed E-state index contributed by atoms with van der Waals surface area (Å²) in [6.07, 6.45) is 0. The van der Waals surface area contributed by atoms with Crippen LogP contribution in [-0.2, 0) is 0 Å². The van der Waals surface area contributed by atoms with E-state index in [0.717, 1.165) is 16.5 Å². The highest BCUT2D eigenvalue weighted by Crippen LogP contribution is 2.33. The summed E-state index contributed by atoms with van der Waals surface area (Å²) < 4.78 is 1.21. The van der Waals surface area contributed by atoms with E-state index in [1.165, 1.54) is 4.70 Å². The minimum atomic E-state index is -0.178. The quantitative estimate of drug-likeness (QED) is 0.662. The molecule has 0 fully saturated rings. The van der Waals surface area contributed by atoms with E-state index in [-0.39, 0.29) is 5.56 Å². The summed E-state index contributed by atoms with van der Waals surface area (Å²) in [7, 11) is 0. The number of benzene rings is 1. The molecule has 3 aromatic rings. The molecule has 0 atom stereocenters. The molecular weight excluding hydrogens is 254 g/mol. The third kappa shape index (κ3) is 1.88. The number of thiophene rings is 1. The lowest BCUT2D eigenvalue weighted by Crippen LogP contribution is -2.03.